The van der Waals surface area contributed by atoms with E-state index in [1.165, 1.54) is 12.8 Å². The number of carbonyl (C=O) groups excluding carboxylic acids is 1. The first-order chi connectivity index (χ1) is 16.6. The zero-order valence-corrected chi connectivity index (χ0v) is 20.1. The third-order valence-electron chi connectivity index (χ3n) is 5.32. The van der Waals surface area contributed by atoms with Crippen molar-refractivity contribution in [1.29, 1.82) is 0 Å². The summed E-state index contributed by atoms with van der Waals surface area (Å²) in [4.78, 5) is 11.9. The summed E-state index contributed by atoms with van der Waals surface area (Å²) < 4.78 is 17.1. The number of ether oxygens (including phenoxy) is 3. The Morgan fingerprint density at radius 2 is 1.76 bits per heavy atom. The molecule has 1 fully saturated rings. The molecule has 186 valence electrons. The molecule has 9 heteroatoms. The number of benzene rings is 2. The van der Waals surface area contributed by atoms with Crippen molar-refractivity contribution in [3.8, 4) is 11.5 Å². The molecule has 0 unspecified atom stereocenters. The second-order valence-corrected chi connectivity index (χ2v) is 8.59. The van der Waals surface area contributed by atoms with Gasteiger partial charge in [0.05, 0.1) is 12.7 Å². The van der Waals surface area contributed by atoms with Crippen LogP contribution < -0.4 is 25.4 Å². The summed E-state index contributed by atoms with van der Waals surface area (Å²) in [7, 11) is 0. The molecule has 0 saturated heterocycles. The second kappa shape index (κ2) is 14.7. The van der Waals surface area contributed by atoms with Gasteiger partial charge in [-0.05, 0) is 55.3 Å². The number of amides is 2. The number of hydrogen-bond acceptors (Lipinski definition) is 6. The first-order valence-electron chi connectivity index (χ1n) is 11.7. The molecule has 0 spiro atoms. The summed E-state index contributed by atoms with van der Waals surface area (Å²) in [5.74, 6) is 1.42. The van der Waals surface area contributed by atoms with Crippen LogP contribution in [0.15, 0.2) is 48.5 Å². The van der Waals surface area contributed by atoms with Crippen LogP contribution in [-0.2, 0) is 4.74 Å². The van der Waals surface area contributed by atoms with E-state index in [2.05, 4.69) is 16.0 Å². The lowest BCUT2D eigenvalue weighted by Gasteiger charge is -2.14. The monoisotopic (exact) mass is 491 g/mol. The average Bonchev–Trinajstić information content (AvgIpc) is 3.35. The molecular formula is C25H34ClN3O5. The van der Waals surface area contributed by atoms with Crippen LogP contribution in [0.1, 0.15) is 25.7 Å². The number of halogens is 1. The molecule has 3 rings (SSSR count). The van der Waals surface area contributed by atoms with Crippen molar-refractivity contribution in [2.24, 2.45) is 0 Å². The van der Waals surface area contributed by atoms with Gasteiger partial charge in [-0.3, -0.25) is 0 Å². The van der Waals surface area contributed by atoms with Gasteiger partial charge in [0.15, 0.2) is 0 Å². The Hall–Kier alpha value is -2.52. The van der Waals surface area contributed by atoms with E-state index >= 15 is 0 Å². The number of anilines is 1. The van der Waals surface area contributed by atoms with Crippen molar-refractivity contribution in [3.05, 3.63) is 53.6 Å². The summed E-state index contributed by atoms with van der Waals surface area (Å²) in [5.41, 5.74) is 0.624. The van der Waals surface area contributed by atoms with Gasteiger partial charge in [-0.15, -0.1) is 0 Å². The van der Waals surface area contributed by atoms with Gasteiger partial charge >= 0.3 is 6.03 Å². The maximum Gasteiger partial charge on any atom is 0.319 e. The van der Waals surface area contributed by atoms with E-state index in [-0.39, 0.29) is 12.6 Å². The van der Waals surface area contributed by atoms with Crippen molar-refractivity contribution >= 4 is 23.3 Å². The van der Waals surface area contributed by atoms with E-state index in [1.54, 1.807) is 24.3 Å². The fourth-order valence-electron chi connectivity index (χ4n) is 3.59. The van der Waals surface area contributed by atoms with Gasteiger partial charge in [0.1, 0.15) is 30.8 Å². The molecular weight excluding hydrogens is 458 g/mol. The van der Waals surface area contributed by atoms with Gasteiger partial charge in [-0.1, -0.05) is 30.5 Å². The van der Waals surface area contributed by atoms with Crippen LogP contribution in [0.2, 0.25) is 5.02 Å². The molecule has 0 aliphatic heterocycles. The lowest BCUT2D eigenvalue weighted by Crippen LogP contribution is -2.38. The number of aliphatic hydroxyl groups excluding tert-OH is 1. The third-order valence-corrected chi connectivity index (χ3v) is 5.56. The minimum atomic E-state index is -0.677. The SMILES string of the molecule is O=C(NCCNC[C@H](O)COc1ccc(OCCOC2CCCC2)cc1)Nc1cccc(Cl)c1. The Balaban J connectivity index is 1.20. The predicted molar refractivity (Wildman–Crippen MR) is 133 cm³/mol. The smallest absolute Gasteiger partial charge is 0.319 e. The molecule has 0 aromatic heterocycles. The lowest BCUT2D eigenvalue weighted by atomic mass is 10.3. The van der Waals surface area contributed by atoms with E-state index in [1.807, 2.05) is 24.3 Å². The summed E-state index contributed by atoms with van der Waals surface area (Å²) in [6.07, 6.45) is 4.57. The number of carbonyl (C=O) groups is 1. The van der Waals surface area contributed by atoms with Crippen LogP contribution in [0.5, 0.6) is 11.5 Å². The highest BCUT2D eigenvalue weighted by Gasteiger charge is 2.14. The summed E-state index contributed by atoms with van der Waals surface area (Å²) in [5, 5.41) is 19.2. The summed E-state index contributed by atoms with van der Waals surface area (Å²) in [6, 6.07) is 13.9. The second-order valence-electron chi connectivity index (χ2n) is 8.16. The van der Waals surface area contributed by atoms with Crippen molar-refractivity contribution in [3.63, 3.8) is 0 Å². The van der Waals surface area contributed by atoms with Gasteiger partial charge in [0, 0.05) is 30.3 Å². The molecule has 34 heavy (non-hydrogen) atoms. The number of aliphatic hydroxyl groups is 1. The van der Waals surface area contributed by atoms with Crippen LogP contribution >= 0.6 is 11.6 Å². The first-order valence-corrected chi connectivity index (χ1v) is 12.1. The van der Waals surface area contributed by atoms with Gasteiger partial charge in [0.25, 0.3) is 0 Å². The lowest BCUT2D eigenvalue weighted by molar-refractivity contribution is 0.0382. The van der Waals surface area contributed by atoms with Gasteiger partial charge in [-0.2, -0.15) is 0 Å². The average molecular weight is 492 g/mol. The van der Waals surface area contributed by atoms with Crippen LogP contribution in [0.3, 0.4) is 0 Å². The molecule has 1 aliphatic carbocycles. The maximum absolute atomic E-state index is 11.9. The van der Waals surface area contributed by atoms with Crippen molar-refractivity contribution < 1.29 is 24.1 Å². The summed E-state index contributed by atoms with van der Waals surface area (Å²) in [6.45, 7) is 2.55. The third kappa shape index (κ3) is 10.2. The van der Waals surface area contributed by atoms with Gasteiger partial charge in [-0.25, -0.2) is 4.79 Å². The normalized spacial score (nSPS) is 14.5. The van der Waals surface area contributed by atoms with E-state index in [0.717, 1.165) is 18.6 Å². The molecule has 2 aromatic carbocycles. The fraction of sp³-hybridized carbons (Fsp3) is 0.480. The maximum atomic E-state index is 11.9. The Morgan fingerprint density at radius 1 is 1.03 bits per heavy atom. The highest BCUT2D eigenvalue weighted by atomic mass is 35.5. The Bertz CT molecular complexity index is 862. The molecule has 2 aromatic rings. The van der Waals surface area contributed by atoms with E-state index in [9.17, 15) is 9.90 Å². The fourth-order valence-corrected chi connectivity index (χ4v) is 3.78. The van der Waals surface area contributed by atoms with E-state index < -0.39 is 6.10 Å². The standard InChI is InChI=1S/C25H34ClN3O5/c26-19-4-3-5-20(16-19)29-25(31)28-13-12-27-17-21(30)18-34-24-10-8-23(9-11-24)33-15-14-32-22-6-1-2-7-22/h3-5,8-11,16,21-22,27,30H,1-2,6-7,12-15,17-18H2,(H2,28,29,31)/t21-/m0/s1. The topological polar surface area (TPSA) is 101 Å². The van der Waals surface area contributed by atoms with E-state index in [0.29, 0.717) is 55.4 Å². The number of urea groups is 1. The number of hydrogen-bond donors (Lipinski definition) is 4. The molecule has 4 N–H and O–H groups in total. The van der Waals surface area contributed by atoms with Crippen molar-refractivity contribution in [2.75, 3.05) is 44.8 Å². The van der Waals surface area contributed by atoms with Gasteiger partial charge in [0.2, 0.25) is 0 Å². The first kappa shape index (κ1) is 26.1. The molecule has 0 heterocycles. The molecule has 1 aliphatic rings. The largest absolute Gasteiger partial charge is 0.491 e. The zero-order valence-electron chi connectivity index (χ0n) is 19.3. The summed E-state index contributed by atoms with van der Waals surface area (Å²) >= 11 is 5.89. The van der Waals surface area contributed by atoms with Crippen LogP contribution in [-0.4, -0.2) is 62.8 Å². The van der Waals surface area contributed by atoms with E-state index in [4.69, 9.17) is 25.8 Å². The van der Waals surface area contributed by atoms with Crippen LogP contribution in [0, 0.1) is 0 Å². The highest BCUT2D eigenvalue weighted by molar-refractivity contribution is 6.30. The molecule has 0 bridgehead atoms. The van der Waals surface area contributed by atoms with Crippen molar-refractivity contribution in [1.82, 2.24) is 10.6 Å². The quantitative estimate of drug-likeness (QED) is 0.300. The predicted octanol–water partition coefficient (Wildman–Crippen LogP) is 3.83. The minimum Gasteiger partial charge on any atom is -0.491 e. The molecule has 0 radical (unpaired) electrons. The van der Waals surface area contributed by atoms with Gasteiger partial charge < -0.3 is 35.3 Å². The minimum absolute atomic E-state index is 0.158. The Morgan fingerprint density at radius 3 is 2.50 bits per heavy atom. The number of rotatable bonds is 14. The van der Waals surface area contributed by atoms with Crippen LogP contribution in [0.4, 0.5) is 10.5 Å². The van der Waals surface area contributed by atoms with Crippen LogP contribution in [0.25, 0.3) is 0 Å². The highest BCUT2D eigenvalue weighted by Crippen LogP contribution is 2.21. The molecule has 1 atom stereocenters. The van der Waals surface area contributed by atoms with Crippen molar-refractivity contribution in [2.45, 2.75) is 37.9 Å². The Kier molecular flexibility index (Phi) is 11.3. The zero-order chi connectivity index (χ0) is 24.0. The Labute approximate surface area is 205 Å². The number of nitrogens with one attached hydrogen (secondary N) is 3. The molecule has 1 saturated carbocycles. The molecule has 2 amide bonds. The molecule has 8 nitrogen and oxygen atoms in total.